The summed E-state index contributed by atoms with van der Waals surface area (Å²) in [6.07, 6.45) is 9.61. The Morgan fingerprint density at radius 3 is 1.68 bits per heavy atom. The standard InChI is InChI=1S/C25H46O3/c1-15(2)16(3)24(18(5)26)25(27)28-14-23-21-12-8-6-10-19(21)17(4)20-11-7-9-13-22(20)23/h15-27H,6-14H2,1-5H3/t16?,17?,18-,19?,20?,21?,22?,23?,24?,25?/m1/s1. The quantitative estimate of drug-likeness (QED) is 0.561. The fraction of sp³-hybridized carbons (Fsp3) is 1.00. The summed E-state index contributed by atoms with van der Waals surface area (Å²) < 4.78 is 6.21. The molecule has 3 saturated carbocycles. The minimum Gasteiger partial charge on any atom is -0.393 e. The monoisotopic (exact) mass is 394 g/mol. The van der Waals surface area contributed by atoms with Crippen molar-refractivity contribution in [2.75, 3.05) is 6.61 Å². The molecule has 3 aliphatic rings. The molecule has 0 aromatic heterocycles. The maximum atomic E-state index is 10.9. The van der Waals surface area contributed by atoms with Gasteiger partial charge in [0.15, 0.2) is 6.29 Å². The summed E-state index contributed by atoms with van der Waals surface area (Å²) in [5.41, 5.74) is 0. The zero-order valence-electron chi connectivity index (χ0n) is 19.0. The van der Waals surface area contributed by atoms with E-state index in [0.717, 1.165) is 29.6 Å². The largest absolute Gasteiger partial charge is 0.393 e. The Labute approximate surface area is 173 Å². The van der Waals surface area contributed by atoms with Gasteiger partial charge in [0.25, 0.3) is 0 Å². The lowest BCUT2D eigenvalue weighted by Gasteiger charge is -2.55. The number of rotatable bonds is 7. The van der Waals surface area contributed by atoms with Crippen molar-refractivity contribution >= 4 is 0 Å². The van der Waals surface area contributed by atoms with Gasteiger partial charge in [-0.2, -0.15) is 0 Å². The van der Waals surface area contributed by atoms with E-state index in [0.29, 0.717) is 18.4 Å². The van der Waals surface area contributed by atoms with E-state index in [1.807, 2.05) is 0 Å². The number of hydrogen-bond acceptors (Lipinski definition) is 3. The van der Waals surface area contributed by atoms with Crippen LogP contribution >= 0.6 is 0 Å². The smallest absolute Gasteiger partial charge is 0.160 e. The van der Waals surface area contributed by atoms with Gasteiger partial charge in [0.1, 0.15) is 0 Å². The van der Waals surface area contributed by atoms with Crippen LogP contribution in [0.25, 0.3) is 0 Å². The second-order valence-electron chi connectivity index (χ2n) is 10.9. The van der Waals surface area contributed by atoms with Crippen LogP contribution in [-0.2, 0) is 4.74 Å². The topological polar surface area (TPSA) is 49.7 Å². The van der Waals surface area contributed by atoms with Gasteiger partial charge in [-0.25, -0.2) is 0 Å². The first-order chi connectivity index (χ1) is 13.3. The number of hydrogen-bond donors (Lipinski definition) is 2. The lowest BCUT2D eigenvalue weighted by Crippen LogP contribution is -2.50. The van der Waals surface area contributed by atoms with Crippen LogP contribution in [0, 0.1) is 53.3 Å². The van der Waals surface area contributed by atoms with Crippen LogP contribution in [0.5, 0.6) is 0 Å². The molecule has 3 nitrogen and oxygen atoms in total. The number of aliphatic hydroxyl groups is 2. The Morgan fingerprint density at radius 2 is 1.25 bits per heavy atom. The zero-order chi connectivity index (χ0) is 20.4. The molecule has 28 heavy (non-hydrogen) atoms. The lowest BCUT2D eigenvalue weighted by atomic mass is 9.51. The molecule has 3 fully saturated rings. The van der Waals surface area contributed by atoms with Crippen molar-refractivity contribution in [3.8, 4) is 0 Å². The Balaban J connectivity index is 1.71. The maximum Gasteiger partial charge on any atom is 0.160 e. The number of ether oxygens (including phenoxy) is 1. The van der Waals surface area contributed by atoms with Gasteiger partial charge in [-0.3, -0.25) is 0 Å². The van der Waals surface area contributed by atoms with Crippen LogP contribution in [0.4, 0.5) is 0 Å². The van der Waals surface area contributed by atoms with Gasteiger partial charge in [0.2, 0.25) is 0 Å². The Bertz CT molecular complexity index is 452. The molecule has 0 spiro atoms. The first-order valence-corrected chi connectivity index (χ1v) is 12.3. The predicted molar refractivity (Wildman–Crippen MR) is 115 cm³/mol. The molecule has 164 valence electrons. The molecule has 0 saturated heterocycles. The van der Waals surface area contributed by atoms with E-state index in [1.165, 1.54) is 51.4 Å². The van der Waals surface area contributed by atoms with E-state index in [2.05, 4.69) is 27.7 Å². The van der Waals surface area contributed by atoms with Crippen molar-refractivity contribution in [3.05, 3.63) is 0 Å². The minimum atomic E-state index is -0.860. The fourth-order valence-electron chi connectivity index (χ4n) is 7.33. The highest BCUT2D eigenvalue weighted by atomic mass is 16.6. The highest BCUT2D eigenvalue weighted by molar-refractivity contribution is 4.98. The summed E-state index contributed by atoms with van der Waals surface area (Å²) in [5.74, 6) is 5.18. The Hall–Kier alpha value is -0.120. The van der Waals surface area contributed by atoms with Gasteiger partial charge >= 0.3 is 0 Å². The van der Waals surface area contributed by atoms with Crippen molar-refractivity contribution in [2.24, 2.45) is 53.3 Å². The molecule has 2 N–H and O–H groups in total. The maximum absolute atomic E-state index is 10.9. The van der Waals surface area contributed by atoms with Crippen molar-refractivity contribution < 1.29 is 14.9 Å². The van der Waals surface area contributed by atoms with E-state index >= 15 is 0 Å². The second-order valence-corrected chi connectivity index (χ2v) is 10.9. The summed E-state index contributed by atoms with van der Waals surface area (Å²) in [5, 5.41) is 21.2. The lowest BCUT2D eigenvalue weighted by molar-refractivity contribution is -0.195. The molecule has 0 aromatic carbocycles. The van der Waals surface area contributed by atoms with E-state index in [9.17, 15) is 10.2 Å². The molecule has 0 amide bonds. The fourth-order valence-corrected chi connectivity index (χ4v) is 7.33. The van der Waals surface area contributed by atoms with Gasteiger partial charge in [-0.1, -0.05) is 53.4 Å². The normalized spacial score (nSPS) is 40.3. The van der Waals surface area contributed by atoms with Gasteiger partial charge in [0, 0.05) is 5.92 Å². The molecule has 7 unspecified atom stereocenters. The highest BCUT2D eigenvalue weighted by Gasteiger charge is 2.49. The molecule has 3 heteroatoms. The van der Waals surface area contributed by atoms with Crippen LogP contribution in [-0.4, -0.2) is 29.2 Å². The van der Waals surface area contributed by atoms with Crippen molar-refractivity contribution in [1.29, 1.82) is 0 Å². The summed E-state index contributed by atoms with van der Waals surface area (Å²) in [6.45, 7) is 11.5. The first kappa shape index (κ1) is 22.6. The summed E-state index contributed by atoms with van der Waals surface area (Å²) in [7, 11) is 0. The molecule has 3 aliphatic carbocycles. The molecule has 0 radical (unpaired) electrons. The van der Waals surface area contributed by atoms with Crippen LogP contribution in [0.2, 0.25) is 0 Å². The summed E-state index contributed by atoms with van der Waals surface area (Å²) in [4.78, 5) is 0. The predicted octanol–water partition coefficient (Wildman–Crippen LogP) is 5.49. The third-order valence-electron chi connectivity index (χ3n) is 9.20. The average molecular weight is 395 g/mol. The van der Waals surface area contributed by atoms with Gasteiger partial charge in [0.05, 0.1) is 12.7 Å². The van der Waals surface area contributed by atoms with E-state index in [1.54, 1.807) is 6.92 Å². The third-order valence-corrected chi connectivity index (χ3v) is 9.20. The van der Waals surface area contributed by atoms with E-state index < -0.39 is 12.4 Å². The molecule has 0 aromatic rings. The van der Waals surface area contributed by atoms with Crippen LogP contribution in [0.1, 0.15) is 86.0 Å². The first-order valence-electron chi connectivity index (χ1n) is 12.3. The molecule has 0 bridgehead atoms. The third kappa shape index (κ3) is 4.62. The average Bonchev–Trinajstić information content (AvgIpc) is 2.67. The van der Waals surface area contributed by atoms with E-state index in [-0.39, 0.29) is 11.8 Å². The highest BCUT2D eigenvalue weighted by Crippen LogP contribution is 2.55. The second kappa shape index (κ2) is 9.79. The van der Waals surface area contributed by atoms with Crippen molar-refractivity contribution in [2.45, 2.75) is 98.4 Å². The van der Waals surface area contributed by atoms with Gasteiger partial charge in [-0.05, 0) is 80.0 Å². The van der Waals surface area contributed by atoms with Crippen LogP contribution in [0.15, 0.2) is 0 Å². The van der Waals surface area contributed by atoms with Gasteiger partial charge < -0.3 is 14.9 Å². The Morgan fingerprint density at radius 1 is 0.786 bits per heavy atom. The number of aliphatic hydroxyl groups excluding tert-OH is 2. The Kier molecular flexibility index (Phi) is 7.89. The molecular weight excluding hydrogens is 348 g/mol. The summed E-state index contributed by atoms with van der Waals surface area (Å²) >= 11 is 0. The summed E-state index contributed by atoms with van der Waals surface area (Å²) in [6, 6.07) is 0. The molecule has 8 atom stereocenters. The molecule has 0 heterocycles. The van der Waals surface area contributed by atoms with Crippen LogP contribution in [0.3, 0.4) is 0 Å². The number of fused-ring (bicyclic) bond motifs is 2. The van der Waals surface area contributed by atoms with Gasteiger partial charge in [-0.15, -0.1) is 0 Å². The van der Waals surface area contributed by atoms with Crippen molar-refractivity contribution in [1.82, 2.24) is 0 Å². The minimum absolute atomic E-state index is 0.216. The zero-order valence-corrected chi connectivity index (χ0v) is 19.0. The molecule has 3 rings (SSSR count). The van der Waals surface area contributed by atoms with E-state index in [4.69, 9.17) is 4.74 Å². The van der Waals surface area contributed by atoms with Crippen molar-refractivity contribution in [3.63, 3.8) is 0 Å². The SMILES string of the molecule is CC(C)C(C)C(C(O)OCC1C2CCCCC2C(C)C2CCCCC21)[C@@H](C)O. The molecule has 0 aliphatic heterocycles. The molecular formula is C25H46O3. The van der Waals surface area contributed by atoms with Crippen LogP contribution < -0.4 is 0 Å².